The Morgan fingerprint density at radius 3 is 2.62 bits per heavy atom. The number of nitrogens with one attached hydrogen (secondary N) is 1. The number of thioether (sulfide) groups is 1. The number of amides is 1. The second kappa shape index (κ2) is 8.15. The summed E-state index contributed by atoms with van der Waals surface area (Å²) in [5.74, 6) is -1.81. The third-order valence-corrected chi connectivity index (χ3v) is 3.28. The Kier molecular flexibility index (Phi) is 6.54. The lowest BCUT2D eigenvalue weighted by Gasteiger charge is -2.13. The molecule has 21 heavy (non-hydrogen) atoms. The lowest BCUT2D eigenvalue weighted by Crippen LogP contribution is -2.39. The zero-order chi connectivity index (χ0) is 15.8. The van der Waals surface area contributed by atoms with Crippen molar-refractivity contribution in [2.75, 3.05) is 7.11 Å². The highest BCUT2D eigenvalue weighted by atomic mass is 32.2. The molecule has 0 aliphatic rings. The lowest BCUT2D eigenvalue weighted by atomic mass is 10.1. The Hall–Kier alpha value is -2.22. The fraction of sp³-hybridized carbons (Fsp3) is 0.308. The molecule has 114 valence electrons. The van der Waals surface area contributed by atoms with Crippen LogP contribution in [0.1, 0.15) is 12.8 Å². The van der Waals surface area contributed by atoms with Crippen molar-refractivity contribution in [3.8, 4) is 5.75 Å². The van der Waals surface area contributed by atoms with Crippen LogP contribution in [0.25, 0.3) is 0 Å². The standard InChI is InChI=1S/C13H15NO6S/c1-20-8-3-2-4-9(7-8)21-13(19)14-10(12(17)18)5-6-11(15)16/h2-4,7,10H,5-6H2,1H3,(H,14,19)(H,15,16)(H,17,18)/t10-/m0/s1. The molecular weight excluding hydrogens is 298 g/mol. The fourth-order valence-corrected chi connectivity index (χ4v) is 2.21. The number of carboxylic acid groups (broad SMARTS) is 2. The van der Waals surface area contributed by atoms with Crippen LogP contribution in [0.5, 0.6) is 5.75 Å². The number of hydrogen-bond donors (Lipinski definition) is 3. The Balaban J connectivity index is 2.60. The second-order valence-corrected chi connectivity index (χ2v) is 5.08. The minimum absolute atomic E-state index is 0.172. The molecule has 3 N–H and O–H groups in total. The van der Waals surface area contributed by atoms with Gasteiger partial charge in [0.15, 0.2) is 0 Å². The van der Waals surface area contributed by atoms with E-state index in [1.807, 2.05) is 0 Å². The number of ether oxygens (including phenoxy) is 1. The van der Waals surface area contributed by atoms with Gasteiger partial charge in [0.05, 0.1) is 7.11 Å². The van der Waals surface area contributed by atoms with Gasteiger partial charge in [0.2, 0.25) is 0 Å². The van der Waals surface area contributed by atoms with E-state index in [4.69, 9.17) is 14.9 Å². The molecule has 0 fully saturated rings. The Morgan fingerprint density at radius 2 is 2.05 bits per heavy atom. The van der Waals surface area contributed by atoms with E-state index in [1.165, 1.54) is 7.11 Å². The number of hydrogen-bond acceptors (Lipinski definition) is 5. The van der Waals surface area contributed by atoms with Crippen molar-refractivity contribution in [1.29, 1.82) is 0 Å². The Morgan fingerprint density at radius 1 is 1.33 bits per heavy atom. The number of benzene rings is 1. The molecule has 0 spiro atoms. The molecule has 0 heterocycles. The third kappa shape index (κ3) is 6.17. The molecule has 1 rings (SSSR count). The number of rotatable bonds is 7. The molecule has 1 amide bonds. The largest absolute Gasteiger partial charge is 0.497 e. The molecular formula is C13H15NO6S. The quantitative estimate of drug-likeness (QED) is 0.658. The van der Waals surface area contributed by atoms with Gasteiger partial charge in [-0.3, -0.25) is 9.59 Å². The highest BCUT2D eigenvalue weighted by molar-refractivity contribution is 8.13. The first kappa shape index (κ1) is 16.8. The average molecular weight is 313 g/mol. The maximum atomic E-state index is 11.8. The maximum absolute atomic E-state index is 11.8. The number of carbonyl (C=O) groups is 3. The van der Waals surface area contributed by atoms with Gasteiger partial charge in [-0.15, -0.1) is 0 Å². The smallest absolute Gasteiger partial charge is 0.326 e. The lowest BCUT2D eigenvalue weighted by molar-refractivity contribution is -0.140. The summed E-state index contributed by atoms with van der Waals surface area (Å²) in [5.41, 5.74) is 0. The summed E-state index contributed by atoms with van der Waals surface area (Å²) in [6, 6.07) is 5.51. The van der Waals surface area contributed by atoms with Crippen LogP contribution in [0, 0.1) is 0 Å². The molecule has 0 unspecified atom stereocenters. The van der Waals surface area contributed by atoms with Crippen molar-refractivity contribution >= 4 is 28.9 Å². The van der Waals surface area contributed by atoms with E-state index in [-0.39, 0.29) is 12.8 Å². The van der Waals surface area contributed by atoms with E-state index < -0.39 is 23.2 Å². The minimum atomic E-state index is -1.27. The van der Waals surface area contributed by atoms with E-state index in [0.717, 1.165) is 11.8 Å². The minimum Gasteiger partial charge on any atom is -0.497 e. The molecule has 0 aliphatic carbocycles. The summed E-state index contributed by atoms with van der Waals surface area (Å²) in [5, 5.41) is 19.2. The van der Waals surface area contributed by atoms with Crippen LogP contribution in [-0.2, 0) is 9.59 Å². The summed E-state index contributed by atoms with van der Waals surface area (Å²) < 4.78 is 5.02. The molecule has 0 saturated heterocycles. The van der Waals surface area contributed by atoms with Crippen LogP contribution in [0.4, 0.5) is 4.79 Å². The van der Waals surface area contributed by atoms with Crippen molar-refractivity contribution in [3.63, 3.8) is 0 Å². The zero-order valence-electron chi connectivity index (χ0n) is 11.2. The molecule has 0 aliphatic heterocycles. The van der Waals surface area contributed by atoms with Gasteiger partial charge in [0.1, 0.15) is 11.8 Å². The van der Waals surface area contributed by atoms with Gasteiger partial charge in [0, 0.05) is 11.3 Å². The predicted molar refractivity (Wildman–Crippen MR) is 75.7 cm³/mol. The van der Waals surface area contributed by atoms with Crippen molar-refractivity contribution < 1.29 is 29.3 Å². The summed E-state index contributed by atoms with van der Waals surface area (Å²) >= 11 is 0.812. The summed E-state index contributed by atoms with van der Waals surface area (Å²) in [4.78, 5) is 33.8. The van der Waals surface area contributed by atoms with Crippen molar-refractivity contribution in [2.45, 2.75) is 23.8 Å². The number of carboxylic acids is 2. The first-order valence-electron chi connectivity index (χ1n) is 5.99. The van der Waals surface area contributed by atoms with Gasteiger partial charge in [-0.25, -0.2) is 4.79 Å². The van der Waals surface area contributed by atoms with Crippen LogP contribution in [-0.4, -0.2) is 40.5 Å². The monoisotopic (exact) mass is 313 g/mol. The van der Waals surface area contributed by atoms with E-state index in [1.54, 1.807) is 24.3 Å². The normalized spacial score (nSPS) is 11.5. The van der Waals surface area contributed by atoms with Gasteiger partial charge in [-0.1, -0.05) is 6.07 Å². The molecule has 1 atom stereocenters. The molecule has 0 radical (unpaired) electrons. The molecule has 0 aromatic heterocycles. The zero-order valence-corrected chi connectivity index (χ0v) is 12.1. The van der Waals surface area contributed by atoms with Gasteiger partial charge in [0.25, 0.3) is 5.24 Å². The average Bonchev–Trinajstić information content (AvgIpc) is 2.43. The van der Waals surface area contributed by atoms with Crippen LogP contribution in [0.3, 0.4) is 0 Å². The summed E-state index contributed by atoms with van der Waals surface area (Å²) in [6.07, 6.45) is -0.504. The topological polar surface area (TPSA) is 113 Å². The molecule has 8 heteroatoms. The van der Waals surface area contributed by atoms with Crippen LogP contribution >= 0.6 is 11.8 Å². The number of carbonyl (C=O) groups excluding carboxylic acids is 1. The summed E-state index contributed by atoms with van der Waals surface area (Å²) in [6.45, 7) is 0. The Bertz CT molecular complexity index is 533. The highest BCUT2D eigenvalue weighted by Gasteiger charge is 2.21. The van der Waals surface area contributed by atoms with Crippen molar-refractivity contribution in [1.82, 2.24) is 5.32 Å². The van der Waals surface area contributed by atoms with Crippen molar-refractivity contribution in [2.24, 2.45) is 0 Å². The van der Waals surface area contributed by atoms with Crippen LogP contribution in [0.2, 0.25) is 0 Å². The van der Waals surface area contributed by atoms with E-state index in [9.17, 15) is 14.4 Å². The number of aliphatic carboxylic acids is 2. The van der Waals surface area contributed by atoms with Crippen LogP contribution in [0.15, 0.2) is 29.2 Å². The highest BCUT2D eigenvalue weighted by Crippen LogP contribution is 2.23. The first-order chi connectivity index (χ1) is 9.92. The molecule has 0 bridgehead atoms. The van der Waals surface area contributed by atoms with Crippen molar-refractivity contribution in [3.05, 3.63) is 24.3 Å². The van der Waals surface area contributed by atoms with Gasteiger partial charge < -0.3 is 20.3 Å². The van der Waals surface area contributed by atoms with E-state index >= 15 is 0 Å². The fourth-order valence-electron chi connectivity index (χ4n) is 1.47. The molecule has 0 saturated carbocycles. The summed E-state index contributed by atoms with van der Waals surface area (Å²) in [7, 11) is 1.50. The SMILES string of the molecule is COc1cccc(SC(=O)N[C@@H](CCC(=O)O)C(=O)O)c1. The molecule has 1 aromatic carbocycles. The van der Waals surface area contributed by atoms with Gasteiger partial charge >= 0.3 is 11.9 Å². The molecule has 7 nitrogen and oxygen atoms in total. The molecule has 1 aromatic rings. The first-order valence-corrected chi connectivity index (χ1v) is 6.81. The van der Waals surface area contributed by atoms with Crippen LogP contribution < -0.4 is 10.1 Å². The third-order valence-electron chi connectivity index (χ3n) is 2.49. The van der Waals surface area contributed by atoms with Gasteiger partial charge in [-0.05, 0) is 36.4 Å². The van der Waals surface area contributed by atoms with Gasteiger partial charge in [-0.2, -0.15) is 0 Å². The second-order valence-electron chi connectivity index (χ2n) is 4.04. The Labute approximate surface area is 125 Å². The van der Waals surface area contributed by atoms with E-state index in [0.29, 0.717) is 10.6 Å². The predicted octanol–water partition coefficient (Wildman–Crippen LogP) is 1.81. The number of methoxy groups -OCH3 is 1. The maximum Gasteiger partial charge on any atom is 0.326 e. The van der Waals surface area contributed by atoms with E-state index in [2.05, 4.69) is 5.32 Å².